The molecule has 0 radical (unpaired) electrons. The second-order valence-electron chi connectivity index (χ2n) is 5.68. The Bertz CT molecular complexity index is 788. The van der Waals surface area contributed by atoms with Gasteiger partial charge in [-0.1, -0.05) is 11.3 Å². The molecular weight excluding hydrogens is 335 g/mol. The lowest BCUT2D eigenvalue weighted by Crippen LogP contribution is -2.35. The minimum atomic E-state index is -4.73. The van der Waals surface area contributed by atoms with Crippen LogP contribution in [0, 0.1) is 0 Å². The standard InChI is InChI=1S/C15H19FN4O3S/c16-24(21,22)15-3-1-2-14(10-15)20-11-13(18-19-20)4-7-17-12-5-8-23-9-6-12/h1-3,10-12,17H,4-9H2. The summed E-state index contributed by atoms with van der Waals surface area (Å²) in [5.41, 5.74) is 1.23. The van der Waals surface area contributed by atoms with Crippen LogP contribution in [-0.2, 0) is 21.4 Å². The highest BCUT2D eigenvalue weighted by Crippen LogP contribution is 2.16. The average Bonchev–Trinajstić information content (AvgIpc) is 3.04. The van der Waals surface area contributed by atoms with Gasteiger partial charge in [0.25, 0.3) is 0 Å². The summed E-state index contributed by atoms with van der Waals surface area (Å²) in [6.07, 6.45) is 4.45. The molecule has 1 aromatic carbocycles. The SMILES string of the molecule is O=S(=O)(F)c1cccc(-n2cc(CCNC3CCOCC3)nn2)c1. The highest BCUT2D eigenvalue weighted by Gasteiger charge is 2.14. The summed E-state index contributed by atoms with van der Waals surface area (Å²) in [7, 11) is -4.73. The summed E-state index contributed by atoms with van der Waals surface area (Å²) in [5, 5.41) is 11.5. The average molecular weight is 354 g/mol. The number of hydrogen-bond acceptors (Lipinski definition) is 6. The van der Waals surface area contributed by atoms with Gasteiger partial charge in [0, 0.05) is 32.2 Å². The summed E-state index contributed by atoms with van der Waals surface area (Å²) in [4.78, 5) is -0.391. The third kappa shape index (κ3) is 4.37. The van der Waals surface area contributed by atoms with Crippen LogP contribution in [0.15, 0.2) is 35.4 Å². The largest absolute Gasteiger partial charge is 0.381 e. The van der Waals surface area contributed by atoms with Gasteiger partial charge in [-0.2, -0.15) is 8.42 Å². The molecule has 9 heteroatoms. The fourth-order valence-corrected chi connectivity index (χ4v) is 3.13. The van der Waals surface area contributed by atoms with Crippen molar-refractivity contribution in [2.75, 3.05) is 19.8 Å². The van der Waals surface area contributed by atoms with Crippen LogP contribution in [-0.4, -0.2) is 49.2 Å². The Morgan fingerprint density at radius 2 is 2.12 bits per heavy atom. The van der Waals surface area contributed by atoms with Crippen LogP contribution in [0.1, 0.15) is 18.5 Å². The second-order valence-corrected chi connectivity index (χ2v) is 7.03. The lowest BCUT2D eigenvalue weighted by molar-refractivity contribution is 0.0782. The summed E-state index contributed by atoms with van der Waals surface area (Å²) in [5.74, 6) is 0. The molecule has 0 saturated carbocycles. The van der Waals surface area contributed by atoms with Gasteiger partial charge in [0.2, 0.25) is 0 Å². The quantitative estimate of drug-likeness (QED) is 0.786. The lowest BCUT2D eigenvalue weighted by atomic mass is 10.1. The van der Waals surface area contributed by atoms with E-state index in [4.69, 9.17) is 4.74 Å². The Labute approximate surface area is 140 Å². The zero-order chi connectivity index (χ0) is 17.0. The molecule has 1 aliphatic rings. The van der Waals surface area contributed by atoms with Gasteiger partial charge < -0.3 is 10.1 Å². The van der Waals surface area contributed by atoms with Crippen molar-refractivity contribution in [1.82, 2.24) is 20.3 Å². The van der Waals surface area contributed by atoms with Gasteiger partial charge in [-0.05, 0) is 31.0 Å². The van der Waals surface area contributed by atoms with Gasteiger partial charge >= 0.3 is 10.2 Å². The highest BCUT2D eigenvalue weighted by molar-refractivity contribution is 7.86. The summed E-state index contributed by atoms with van der Waals surface area (Å²) in [6.45, 7) is 2.37. The number of benzene rings is 1. The minimum absolute atomic E-state index is 0.391. The van der Waals surface area contributed by atoms with Crippen molar-refractivity contribution in [2.45, 2.75) is 30.2 Å². The zero-order valence-corrected chi connectivity index (χ0v) is 13.9. The second kappa shape index (κ2) is 7.37. The van der Waals surface area contributed by atoms with Crippen LogP contribution in [0.3, 0.4) is 0 Å². The molecular formula is C15H19FN4O3S. The Morgan fingerprint density at radius 3 is 2.88 bits per heavy atom. The molecule has 2 aromatic rings. The number of aromatic nitrogens is 3. The molecule has 0 amide bonds. The number of nitrogens with one attached hydrogen (secondary N) is 1. The van der Waals surface area contributed by atoms with Crippen LogP contribution < -0.4 is 5.32 Å². The van der Waals surface area contributed by atoms with Crippen LogP contribution in [0.25, 0.3) is 5.69 Å². The van der Waals surface area contributed by atoms with E-state index >= 15 is 0 Å². The third-order valence-electron chi connectivity index (χ3n) is 3.94. The van der Waals surface area contributed by atoms with Gasteiger partial charge in [-0.3, -0.25) is 0 Å². The molecule has 24 heavy (non-hydrogen) atoms. The van der Waals surface area contributed by atoms with E-state index in [0.717, 1.165) is 38.3 Å². The van der Waals surface area contributed by atoms with Crippen molar-refractivity contribution in [3.8, 4) is 5.69 Å². The first-order valence-electron chi connectivity index (χ1n) is 7.80. The molecule has 1 fully saturated rings. The Kier molecular flexibility index (Phi) is 5.22. The number of nitrogens with zero attached hydrogens (tertiary/aromatic N) is 3. The fourth-order valence-electron chi connectivity index (χ4n) is 2.62. The van der Waals surface area contributed by atoms with E-state index in [0.29, 0.717) is 18.2 Å². The van der Waals surface area contributed by atoms with E-state index in [1.807, 2.05) is 0 Å². The van der Waals surface area contributed by atoms with E-state index in [9.17, 15) is 12.3 Å². The zero-order valence-electron chi connectivity index (χ0n) is 13.1. The van der Waals surface area contributed by atoms with Gasteiger partial charge in [0.1, 0.15) is 4.90 Å². The maximum absolute atomic E-state index is 13.1. The summed E-state index contributed by atoms with van der Waals surface area (Å²) < 4.78 is 41.8. The molecule has 1 N–H and O–H groups in total. The van der Waals surface area contributed by atoms with Crippen molar-refractivity contribution >= 4 is 10.2 Å². The molecule has 7 nitrogen and oxygen atoms in total. The summed E-state index contributed by atoms with van der Waals surface area (Å²) >= 11 is 0. The molecule has 3 rings (SSSR count). The van der Waals surface area contributed by atoms with Crippen molar-refractivity contribution in [2.24, 2.45) is 0 Å². The van der Waals surface area contributed by atoms with Gasteiger partial charge in [0.05, 0.1) is 17.6 Å². The van der Waals surface area contributed by atoms with Gasteiger partial charge in [-0.25, -0.2) is 4.68 Å². The molecule has 0 spiro atoms. The maximum Gasteiger partial charge on any atom is 0.332 e. The summed E-state index contributed by atoms with van der Waals surface area (Å²) in [6, 6.07) is 6.02. The molecule has 2 heterocycles. The molecule has 0 atom stereocenters. The lowest BCUT2D eigenvalue weighted by Gasteiger charge is -2.22. The smallest absolute Gasteiger partial charge is 0.332 e. The monoisotopic (exact) mass is 354 g/mol. The Hall–Kier alpha value is -1.84. The molecule has 0 unspecified atom stereocenters. The molecule has 0 aliphatic carbocycles. The van der Waals surface area contributed by atoms with E-state index in [-0.39, 0.29) is 0 Å². The number of ether oxygens (including phenoxy) is 1. The maximum atomic E-state index is 13.1. The predicted octanol–water partition coefficient (Wildman–Crippen LogP) is 1.24. The van der Waals surface area contributed by atoms with E-state index in [2.05, 4.69) is 15.6 Å². The van der Waals surface area contributed by atoms with E-state index in [1.54, 1.807) is 12.3 Å². The van der Waals surface area contributed by atoms with Crippen LogP contribution in [0.5, 0.6) is 0 Å². The first-order chi connectivity index (χ1) is 11.5. The molecule has 130 valence electrons. The Balaban J connectivity index is 1.61. The van der Waals surface area contributed by atoms with Gasteiger partial charge in [-0.15, -0.1) is 8.98 Å². The molecule has 1 aliphatic heterocycles. The molecule has 0 bridgehead atoms. The molecule has 1 saturated heterocycles. The predicted molar refractivity (Wildman–Crippen MR) is 85.2 cm³/mol. The fraction of sp³-hybridized carbons (Fsp3) is 0.467. The van der Waals surface area contributed by atoms with Crippen molar-refractivity contribution in [3.05, 3.63) is 36.2 Å². The first kappa shape index (κ1) is 17.0. The van der Waals surface area contributed by atoms with E-state index < -0.39 is 15.1 Å². The van der Waals surface area contributed by atoms with E-state index in [1.165, 1.54) is 22.9 Å². The van der Waals surface area contributed by atoms with Crippen molar-refractivity contribution in [3.63, 3.8) is 0 Å². The first-order valence-corrected chi connectivity index (χ1v) is 9.18. The minimum Gasteiger partial charge on any atom is -0.381 e. The van der Waals surface area contributed by atoms with Crippen LogP contribution in [0.2, 0.25) is 0 Å². The number of rotatable bonds is 6. The normalized spacial score (nSPS) is 16.4. The third-order valence-corrected chi connectivity index (χ3v) is 4.76. The molecule has 1 aromatic heterocycles. The van der Waals surface area contributed by atoms with Crippen LogP contribution >= 0.6 is 0 Å². The highest BCUT2D eigenvalue weighted by atomic mass is 32.3. The number of halogens is 1. The number of hydrogen-bond donors (Lipinski definition) is 1. The van der Waals surface area contributed by atoms with Crippen molar-refractivity contribution < 1.29 is 17.0 Å². The topological polar surface area (TPSA) is 86.1 Å². The van der Waals surface area contributed by atoms with Gasteiger partial charge in [0.15, 0.2) is 0 Å². The Morgan fingerprint density at radius 1 is 1.33 bits per heavy atom. The van der Waals surface area contributed by atoms with Crippen LogP contribution in [0.4, 0.5) is 3.89 Å². The van der Waals surface area contributed by atoms with Crippen molar-refractivity contribution in [1.29, 1.82) is 0 Å².